The quantitative estimate of drug-likeness (QED) is 0.796. The molecule has 0 unspecified atom stereocenters. The third-order valence-electron chi connectivity index (χ3n) is 3.96. The first-order chi connectivity index (χ1) is 8.05. The molecule has 1 aliphatic rings. The van der Waals surface area contributed by atoms with Crippen molar-refractivity contribution in [2.45, 2.75) is 71.3 Å². The Morgan fingerprint density at radius 3 is 2.41 bits per heavy atom. The van der Waals surface area contributed by atoms with E-state index in [2.05, 4.69) is 42.5 Å². The summed E-state index contributed by atoms with van der Waals surface area (Å²) in [6, 6.07) is 0.463. The van der Waals surface area contributed by atoms with Gasteiger partial charge in [-0.25, -0.2) is 0 Å². The maximum atomic E-state index is 4.46. The smallest absolute Gasteiger partial charge is 0.139 e. The van der Waals surface area contributed by atoms with Gasteiger partial charge >= 0.3 is 0 Å². The van der Waals surface area contributed by atoms with E-state index in [4.69, 9.17) is 0 Å². The molecular formula is C14H25N3. The fraction of sp³-hybridized carbons (Fsp3) is 0.857. The van der Waals surface area contributed by atoms with E-state index in [0.29, 0.717) is 11.5 Å². The van der Waals surface area contributed by atoms with Gasteiger partial charge in [0.1, 0.15) is 12.2 Å². The highest BCUT2D eigenvalue weighted by Gasteiger charge is 2.40. The Morgan fingerprint density at radius 1 is 1.24 bits per heavy atom. The lowest BCUT2D eigenvalue weighted by molar-refractivity contribution is 0.311. The third kappa shape index (κ3) is 2.38. The van der Waals surface area contributed by atoms with Gasteiger partial charge in [0, 0.05) is 11.5 Å². The average molecular weight is 235 g/mol. The van der Waals surface area contributed by atoms with Gasteiger partial charge in [0.15, 0.2) is 0 Å². The summed E-state index contributed by atoms with van der Waals surface area (Å²) < 4.78 is 2.27. The van der Waals surface area contributed by atoms with Crippen LogP contribution < -0.4 is 0 Å². The molecule has 0 atom stereocenters. The Labute approximate surface area is 105 Å². The molecule has 1 aliphatic carbocycles. The van der Waals surface area contributed by atoms with Crippen molar-refractivity contribution < 1.29 is 0 Å². The van der Waals surface area contributed by atoms with Crippen molar-refractivity contribution in [1.82, 2.24) is 14.8 Å². The molecule has 0 saturated heterocycles. The first kappa shape index (κ1) is 12.6. The van der Waals surface area contributed by atoms with Crippen LogP contribution in [-0.4, -0.2) is 14.8 Å². The molecule has 0 spiro atoms. The number of hydrogen-bond acceptors (Lipinski definition) is 2. The van der Waals surface area contributed by atoms with E-state index >= 15 is 0 Å². The van der Waals surface area contributed by atoms with E-state index in [1.165, 1.54) is 37.9 Å². The molecular weight excluding hydrogens is 210 g/mol. The predicted octanol–water partition coefficient (Wildman–Crippen LogP) is 3.72. The Kier molecular flexibility index (Phi) is 3.55. The van der Waals surface area contributed by atoms with Gasteiger partial charge in [0.25, 0.3) is 0 Å². The van der Waals surface area contributed by atoms with Crippen LogP contribution >= 0.6 is 0 Å². The molecule has 3 nitrogen and oxygen atoms in total. The van der Waals surface area contributed by atoms with Gasteiger partial charge in [-0.3, -0.25) is 0 Å². The second-order valence-corrected chi connectivity index (χ2v) is 6.24. The fourth-order valence-electron chi connectivity index (χ4n) is 3.35. The van der Waals surface area contributed by atoms with Crippen molar-refractivity contribution in [1.29, 1.82) is 0 Å². The molecule has 17 heavy (non-hydrogen) atoms. The molecule has 96 valence electrons. The Bertz CT molecular complexity index is 359. The first-order valence-electron chi connectivity index (χ1n) is 6.95. The van der Waals surface area contributed by atoms with E-state index in [1.807, 2.05) is 6.33 Å². The molecule has 1 aromatic heterocycles. The zero-order valence-electron chi connectivity index (χ0n) is 11.6. The van der Waals surface area contributed by atoms with Crippen molar-refractivity contribution in [3.8, 4) is 0 Å². The van der Waals surface area contributed by atoms with Gasteiger partial charge in [-0.05, 0) is 39.0 Å². The normalized spacial score (nSPS) is 19.4. The summed E-state index contributed by atoms with van der Waals surface area (Å²) in [5.41, 5.74) is 0.301. The van der Waals surface area contributed by atoms with Crippen molar-refractivity contribution in [3.05, 3.63) is 12.2 Å². The Hall–Kier alpha value is -0.860. The standard InChI is InChI=1S/C14H25N3/c1-11(2)9-14(7-5-6-8-14)13-16-15-10-17(13)12(3)4/h10-12H,5-9H2,1-4H3. The van der Waals surface area contributed by atoms with Crippen LogP contribution in [0.5, 0.6) is 0 Å². The Balaban J connectivity index is 2.35. The molecule has 3 heteroatoms. The molecule has 1 heterocycles. The average Bonchev–Trinajstić information content (AvgIpc) is 2.83. The minimum Gasteiger partial charge on any atom is -0.315 e. The number of hydrogen-bond donors (Lipinski definition) is 0. The maximum Gasteiger partial charge on any atom is 0.139 e. The van der Waals surface area contributed by atoms with Crippen LogP contribution in [-0.2, 0) is 5.41 Å². The van der Waals surface area contributed by atoms with Gasteiger partial charge in [-0.2, -0.15) is 0 Å². The molecule has 0 amide bonds. The molecule has 0 aromatic carbocycles. The summed E-state index contributed by atoms with van der Waals surface area (Å²) in [4.78, 5) is 0. The van der Waals surface area contributed by atoms with Crippen LogP contribution in [0.2, 0.25) is 0 Å². The lowest BCUT2D eigenvalue weighted by Gasteiger charge is -2.31. The summed E-state index contributed by atoms with van der Waals surface area (Å²) in [5, 5.41) is 8.61. The van der Waals surface area contributed by atoms with Gasteiger partial charge in [0.2, 0.25) is 0 Å². The molecule has 0 radical (unpaired) electrons. The van der Waals surface area contributed by atoms with Crippen molar-refractivity contribution >= 4 is 0 Å². The van der Waals surface area contributed by atoms with Gasteiger partial charge in [0.05, 0.1) is 0 Å². The second-order valence-electron chi connectivity index (χ2n) is 6.24. The van der Waals surface area contributed by atoms with Gasteiger partial charge in [-0.1, -0.05) is 26.7 Å². The van der Waals surface area contributed by atoms with Crippen LogP contribution in [0.3, 0.4) is 0 Å². The van der Waals surface area contributed by atoms with Crippen LogP contribution in [0.25, 0.3) is 0 Å². The minimum atomic E-state index is 0.301. The maximum absolute atomic E-state index is 4.46. The zero-order valence-corrected chi connectivity index (χ0v) is 11.6. The molecule has 0 bridgehead atoms. The summed E-state index contributed by atoms with van der Waals surface area (Å²) in [6.07, 6.45) is 8.42. The molecule has 1 saturated carbocycles. The first-order valence-corrected chi connectivity index (χ1v) is 6.95. The van der Waals surface area contributed by atoms with Crippen LogP contribution in [0.4, 0.5) is 0 Å². The summed E-state index contributed by atoms with van der Waals surface area (Å²) in [6.45, 7) is 9.06. The summed E-state index contributed by atoms with van der Waals surface area (Å²) in [5.74, 6) is 1.96. The monoisotopic (exact) mass is 235 g/mol. The number of rotatable bonds is 4. The van der Waals surface area contributed by atoms with Gasteiger partial charge in [-0.15, -0.1) is 10.2 Å². The largest absolute Gasteiger partial charge is 0.315 e. The van der Waals surface area contributed by atoms with E-state index in [9.17, 15) is 0 Å². The zero-order chi connectivity index (χ0) is 12.5. The van der Waals surface area contributed by atoms with Crippen molar-refractivity contribution in [2.75, 3.05) is 0 Å². The van der Waals surface area contributed by atoms with Crippen LogP contribution in [0, 0.1) is 5.92 Å². The summed E-state index contributed by atoms with van der Waals surface area (Å²) >= 11 is 0. The van der Waals surface area contributed by atoms with E-state index < -0.39 is 0 Å². The van der Waals surface area contributed by atoms with Crippen LogP contribution in [0.15, 0.2) is 6.33 Å². The highest BCUT2D eigenvalue weighted by atomic mass is 15.3. The van der Waals surface area contributed by atoms with Crippen molar-refractivity contribution in [3.63, 3.8) is 0 Å². The fourth-order valence-corrected chi connectivity index (χ4v) is 3.35. The molecule has 1 aromatic rings. The second kappa shape index (κ2) is 4.79. The molecule has 1 fully saturated rings. The van der Waals surface area contributed by atoms with Crippen LogP contribution in [0.1, 0.15) is 71.7 Å². The van der Waals surface area contributed by atoms with Crippen molar-refractivity contribution in [2.24, 2.45) is 5.92 Å². The SMILES string of the molecule is CC(C)CC1(c2nncn2C(C)C)CCCC1. The van der Waals surface area contributed by atoms with E-state index in [0.717, 1.165) is 5.92 Å². The number of nitrogens with zero attached hydrogens (tertiary/aromatic N) is 3. The Morgan fingerprint density at radius 2 is 1.88 bits per heavy atom. The van der Waals surface area contributed by atoms with E-state index in [1.54, 1.807) is 0 Å². The highest BCUT2D eigenvalue weighted by Crippen LogP contribution is 2.45. The molecule has 2 rings (SSSR count). The number of aromatic nitrogens is 3. The third-order valence-corrected chi connectivity index (χ3v) is 3.96. The lowest BCUT2D eigenvalue weighted by atomic mass is 9.77. The lowest BCUT2D eigenvalue weighted by Crippen LogP contribution is -2.29. The van der Waals surface area contributed by atoms with E-state index in [-0.39, 0.29) is 0 Å². The van der Waals surface area contributed by atoms with Gasteiger partial charge < -0.3 is 4.57 Å². The minimum absolute atomic E-state index is 0.301. The predicted molar refractivity (Wildman–Crippen MR) is 70.0 cm³/mol. The topological polar surface area (TPSA) is 30.7 Å². The molecule has 0 aliphatic heterocycles. The molecule has 0 N–H and O–H groups in total. The highest BCUT2D eigenvalue weighted by molar-refractivity contribution is 5.12. The summed E-state index contributed by atoms with van der Waals surface area (Å²) in [7, 11) is 0.